The van der Waals surface area contributed by atoms with Crippen LogP contribution >= 0.6 is 11.8 Å². The minimum absolute atomic E-state index is 0.0556. The molecule has 0 aromatic rings. The van der Waals surface area contributed by atoms with Crippen LogP contribution < -0.4 is 0 Å². The van der Waals surface area contributed by atoms with Crippen molar-refractivity contribution in [2.45, 2.75) is 30.5 Å². The van der Waals surface area contributed by atoms with Gasteiger partial charge < -0.3 is 14.3 Å². The minimum Gasteiger partial charge on any atom is -0.372 e. The van der Waals surface area contributed by atoms with Crippen LogP contribution in [0.15, 0.2) is 0 Å². The van der Waals surface area contributed by atoms with Gasteiger partial charge in [-0.2, -0.15) is 11.8 Å². The lowest BCUT2D eigenvalue weighted by Gasteiger charge is -2.14. The minimum atomic E-state index is -0.778. The van der Waals surface area contributed by atoms with E-state index in [1.165, 1.54) is 0 Å². The number of ether oxygens (including phenoxy) is 2. The fourth-order valence-corrected chi connectivity index (χ4v) is 3.01. The van der Waals surface area contributed by atoms with Gasteiger partial charge in [0.2, 0.25) is 0 Å². The number of rotatable bonds is 4. The topological polar surface area (TPSA) is 70.8 Å². The molecule has 0 aromatic heterocycles. The van der Waals surface area contributed by atoms with Gasteiger partial charge in [0.15, 0.2) is 6.10 Å². The summed E-state index contributed by atoms with van der Waals surface area (Å²) in [5.74, 6) is 0.987. The third-order valence-corrected chi connectivity index (χ3v) is 3.73. The summed E-state index contributed by atoms with van der Waals surface area (Å²) in [6.45, 7) is 2.90. The first-order valence-electron chi connectivity index (χ1n) is 4.88. The zero-order valence-electron chi connectivity index (χ0n) is 8.33. The molecule has 0 spiro atoms. The Hall–Kier alpha value is -0.530. The van der Waals surface area contributed by atoms with Gasteiger partial charge in [0.1, 0.15) is 12.2 Å². The van der Waals surface area contributed by atoms with Crippen molar-refractivity contribution in [1.29, 1.82) is 0 Å². The lowest BCUT2D eigenvalue weighted by molar-refractivity contribution is -0.769. The van der Waals surface area contributed by atoms with Crippen LogP contribution in [0.3, 0.4) is 0 Å². The predicted molar refractivity (Wildman–Crippen MR) is 53.3 cm³/mol. The molecule has 2 saturated heterocycles. The molecular weight excluding hydrogens is 222 g/mol. The molecule has 15 heavy (non-hydrogen) atoms. The molecule has 0 radical (unpaired) electrons. The molecule has 6 nitrogen and oxygen atoms in total. The molecule has 4 atom stereocenters. The Labute approximate surface area is 91.4 Å². The van der Waals surface area contributed by atoms with Crippen molar-refractivity contribution in [2.24, 2.45) is 0 Å². The van der Waals surface area contributed by atoms with E-state index in [1.807, 2.05) is 0 Å². The first-order valence-corrected chi connectivity index (χ1v) is 5.93. The SMILES string of the molecule is CCS[C@@H]1CO[C@@H]2[C@H]1OC[C@H]2O[N+](=O)[O-]. The number of fused-ring (bicyclic) bond motifs is 1. The molecule has 0 bridgehead atoms. The van der Waals surface area contributed by atoms with E-state index >= 15 is 0 Å². The van der Waals surface area contributed by atoms with Gasteiger partial charge in [-0.15, -0.1) is 10.1 Å². The van der Waals surface area contributed by atoms with Crippen LogP contribution in [0.2, 0.25) is 0 Å². The summed E-state index contributed by atoms with van der Waals surface area (Å²) in [4.78, 5) is 14.7. The zero-order valence-corrected chi connectivity index (χ0v) is 9.14. The molecule has 7 heteroatoms. The van der Waals surface area contributed by atoms with Crippen molar-refractivity contribution in [3.63, 3.8) is 0 Å². The highest BCUT2D eigenvalue weighted by Gasteiger charge is 2.49. The summed E-state index contributed by atoms with van der Waals surface area (Å²) in [6, 6.07) is 0. The van der Waals surface area contributed by atoms with Crippen LogP contribution in [-0.4, -0.2) is 47.6 Å². The molecule has 0 unspecified atom stereocenters. The normalized spacial score (nSPS) is 39.0. The summed E-state index contributed by atoms with van der Waals surface area (Å²) in [5.41, 5.74) is 0. The van der Waals surface area contributed by atoms with Gasteiger partial charge in [-0.25, -0.2) is 0 Å². The fraction of sp³-hybridized carbons (Fsp3) is 1.00. The van der Waals surface area contributed by atoms with Crippen molar-refractivity contribution in [3.05, 3.63) is 10.1 Å². The van der Waals surface area contributed by atoms with Crippen molar-refractivity contribution in [3.8, 4) is 0 Å². The van der Waals surface area contributed by atoms with E-state index < -0.39 is 11.2 Å². The van der Waals surface area contributed by atoms with Crippen molar-refractivity contribution in [2.75, 3.05) is 19.0 Å². The second-order valence-electron chi connectivity index (χ2n) is 3.46. The number of hydrogen-bond donors (Lipinski definition) is 0. The van der Waals surface area contributed by atoms with Crippen LogP contribution in [0.4, 0.5) is 0 Å². The maximum atomic E-state index is 10.2. The largest absolute Gasteiger partial charge is 0.372 e. The maximum Gasteiger partial charge on any atom is 0.294 e. The molecule has 2 heterocycles. The van der Waals surface area contributed by atoms with Crippen LogP contribution in [-0.2, 0) is 14.3 Å². The number of hydrogen-bond acceptors (Lipinski definition) is 6. The molecule has 2 rings (SSSR count). The second-order valence-corrected chi connectivity index (χ2v) is 4.97. The fourth-order valence-electron chi connectivity index (χ4n) is 1.99. The van der Waals surface area contributed by atoms with Gasteiger partial charge in [-0.3, -0.25) is 0 Å². The van der Waals surface area contributed by atoms with Crippen LogP contribution in [0.25, 0.3) is 0 Å². The van der Waals surface area contributed by atoms with E-state index in [-0.39, 0.29) is 24.1 Å². The van der Waals surface area contributed by atoms with E-state index in [0.717, 1.165) is 5.75 Å². The Morgan fingerprint density at radius 2 is 2.20 bits per heavy atom. The Bertz CT molecular complexity index is 251. The van der Waals surface area contributed by atoms with Gasteiger partial charge in [-0.05, 0) is 5.75 Å². The lowest BCUT2D eigenvalue weighted by atomic mass is 10.1. The monoisotopic (exact) mass is 235 g/mol. The van der Waals surface area contributed by atoms with E-state index in [2.05, 4.69) is 11.8 Å². The van der Waals surface area contributed by atoms with Crippen LogP contribution in [0.5, 0.6) is 0 Å². The zero-order chi connectivity index (χ0) is 10.8. The quantitative estimate of drug-likeness (QED) is 0.521. The van der Waals surface area contributed by atoms with Gasteiger partial charge in [0.05, 0.1) is 18.5 Å². The second kappa shape index (κ2) is 4.54. The predicted octanol–water partition coefficient (Wildman–Crippen LogP) is 0.483. The summed E-state index contributed by atoms with van der Waals surface area (Å²) < 4.78 is 11.0. The Balaban J connectivity index is 1.93. The molecule has 2 aliphatic heterocycles. The summed E-state index contributed by atoms with van der Waals surface area (Å²) in [7, 11) is 0. The van der Waals surface area contributed by atoms with Crippen molar-refractivity contribution in [1.82, 2.24) is 0 Å². The van der Waals surface area contributed by atoms with Gasteiger partial charge >= 0.3 is 0 Å². The van der Waals surface area contributed by atoms with E-state index in [1.54, 1.807) is 11.8 Å². The molecular formula is C8H13NO5S. The first-order chi connectivity index (χ1) is 7.22. The molecule has 0 aliphatic carbocycles. The Morgan fingerprint density at radius 1 is 1.47 bits per heavy atom. The van der Waals surface area contributed by atoms with Crippen LogP contribution in [0, 0.1) is 10.1 Å². The average molecular weight is 235 g/mol. The highest BCUT2D eigenvalue weighted by Crippen LogP contribution is 2.34. The van der Waals surface area contributed by atoms with E-state index in [0.29, 0.717) is 6.61 Å². The van der Waals surface area contributed by atoms with Gasteiger partial charge in [0, 0.05) is 0 Å². The molecule has 0 saturated carbocycles. The third kappa shape index (κ3) is 2.19. The highest BCUT2D eigenvalue weighted by atomic mass is 32.2. The first kappa shape index (κ1) is 11.0. The standard InChI is InChI=1S/C8H13NO5S/c1-2-15-6-4-13-7-5(14-9(10)11)3-12-8(6)7/h5-8H,2-4H2,1H3/t5-,6-,7+,8+/m1/s1. The Kier molecular flexibility index (Phi) is 3.32. The number of nitrogens with zero attached hydrogens (tertiary/aromatic N) is 1. The van der Waals surface area contributed by atoms with Crippen molar-refractivity contribution < 1.29 is 19.4 Å². The molecule has 2 fully saturated rings. The van der Waals surface area contributed by atoms with Gasteiger partial charge in [0.25, 0.3) is 5.09 Å². The molecule has 0 aromatic carbocycles. The average Bonchev–Trinajstić information content (AvgIpc) is 2.71. The van der Waals surface area contributed by atoms with Gasteiger partial charge in [-0.1, -0.05) is 6.92 Å². The molecule has 86 valence electrons. The number of thioether (sulfide) groups is 1. The molecule has 0 amide bonds. The smallest absolute Gasteiger partial charge is 0.294 e. The van der Waals surface area contributed by atoms with E-state index in [4.69, 9.17) is 9.47 Å². The lowest BCUT2D eigenvalue weighted by Crippen LogP contribution is -2.33. The molecule has 2 aliphatic rings. The molecule has 0 N–H and O–H groups in total. The third-order valence-electron chi connectivity index (χ3n) is 2.56. The summed E-state index contributed by atoms with van der Waals surface area (Å²) >= 11 is 1.76. The maximum absolute atomic E-state index is 10.2. The summed E-state index contributed by atoms with van der Waals surface area (Å²) in [6.07, 6.45) is -0.896. The Morgan fingerprint density at radius 3 is 2.87 bits per heavy atom. The highest BCUT2D eigenvalue weighted by molar-refractivity contribution is 7.99. The van der Waals surface area contributed by atoms with Crippen molar-refractivity contribution >= 4 is 11.8 Å². The summed E-state index contributed by atoms with van der Waals surface area (Å²) in [5, 5.41) is 9.72. The van der Waals surface area contributed by atoms with Crippen LogP contribution in [0.1, 0.15) is 6.92 Å². The van der Waals surface area contributed by atoms with E-state index in [9.17, 15) is 10.1 Å².